The second kappa shape index (κ2) is 4.03. The highest BCUT2D eigenvalue weighted by Crippen LogP contribution is 2.15. The molecule has 0 aliphatic carbocycles. The van der Waals surface area contributed by atoms with E-state index in [1.165, 1.54) is 5.56 Å². The summed E-state index contributed by atoms with van der Waals surface area (Å²) in [5, 5.41) is 7.45. The van der Waals surface area contributed by atoms with Crippen LogP contribution in [-0.4, -0.2) is 18.9 Å². The van der Waals surface area contributed by atoms with Crippen LogP contribution in [0.4, 0.5) is 0 Å². The molecule has 1 aliphatic heterocycles. The Morgan fingerprint density at radius 1 is 1.62 bits per heavy atom. The Hall–Kier alpha value is -0.670. The van der Waals surface area contributed by atoms with Gasteiger partial charge in [0, 0.05) is 25.4 Å². The summed E-state index contributed by atoms with van der Waals surface area (Å²) in [5.74, 6) is 0.633. The summed E-state index contributed by atoms with van der Waals surface area (Å²) in [6.45, 7) is 1.72. The first kappa shape index (κ1) is 8.91. The van der Waals surface area contributed by atoms with Crippen molar-refractivity contribution in [3.63, 3.8) is 0 Å². The Labute approximate surface area is 82.0 Å². The SMILES string of the molecule is O=C1CCNCC1Cc1ccsc1. The summed E-state index contributed by atoms with van der Waals surface area (Å²) in [5.41, 5.74) is 1.30. The average Bonchev–Trinajstić information content (AvgIpc) is 2.61. The van der Waals surface area contributed by atoms with Gasteiger partial charge in [-0.15, -0.1) is 0 Å². The van der Waals surface area contributed by atoms with Gasteiger partial charge in [0.2, 0.25) is 0 Å². The van der Waals surface area contributed by atoms with Crippen molar-refractivity contribution < 1.29 is 4.79 Å². The number of Topliss-reactive ketones (excluding diaryl/α,β-unsaturated/α-hetero) is 1. The zero-order valence-corrected chi connectivity index (χ0v) is 8.27. The molecule has 1 aromatic heterocycles. The molecule has 3 heteroatoms. The molecule has 1 fully saturated rings. The molecule has 2 rings (SSSR count). The highest BCUT2D eigenvalue weighted by molar-refractivity contribution is 7.07. The monoisotopic (exact) mass is 195 g/mol. The van der Waals surface area contributed by atoms with Gasteiger partial charge in [0.1, 0.15) is 5.78 Å². The summed E-state index contributed by atoms with van der Waals surface area (Å²) in [7, 11) is 0. The number of ketones is 1. The third-order valence-corrected chi connectivity index (χ3v) is 3.19. The number of thiophene rings is 1. The van der Waals surface area contributed by atoms with E-state index in [9.17, 15) is 4.79 Å². The highest BCUT2D eigenvalue weighted by atomic mass is 32.1. The van der Waals surface area contributed by atoms with Crippen LogP contribution in [-0.2, 0) is 11.2 Å². The van der Waals surface area contributed by atoms with Gasteiger partial charge in [-0.3, -0.25) is 4.79 Å². The summed E-state index contributed by atoms with van der Waals surface area (Å²) >= 11 is 1.70. The Kier molecular flexibility index (Phi) is 2.76. The molecule has 1 unspecified atom stereocenters. The maximum absolute atomic E-state index is 11.5. The summed E-state index contributed by atoms with van der Waals surface area (Å²) in [4.78, 5) is 11.5. The molecule has 0 radical (unpaired) electrons. The van der Waals surface area contributed by atoms with E-state index in [1.54, 1.807) is 11.3 Å². The quantitative estimate of drug-likeness (QED) is 0.774. The van der Waals surface area contributed by atoms with Gasteiger partial charge in [0.25, 0.3) is 0 Å². The molecular formula is C10H13NOS. The number of nitrogens with one attached hydrogen (secondary N) is 1. The van der Waals surface area contributed by atoms with Gasteiger partial charge in [0.05, 0.1) is 0 Å². The topological polar surface area (TPSA) is 29.1 Å². The molecule has 1 atom stereocenters. The van der Waals surface area contributed by atoms with Crippen molar-refractivity contribution in [3.8, 4) is 0 Å². The van der Waals surface area contributed by atoms with E-state index in [1.807, 2.05) is 0 Å². The van der Waals surface area contributed by atoms with Gasteiger partial charge in [0.15, 0.2) is 0 Å². The van der Waals surface area contributed by atoms with Gasteiger partial charge in [-0.1, -0.05) is 0 Å². The maximum Gasteiger partial charge on any atom is 0.138 e. The van der Waals surface area contributed by atoms with Crippen LogP contribution in [0.15, 0.2) is 16.8 Å². The zero-order valence-electron chi connectivity index (χ0n) is 7.45. The molecule has 70 valence electrons. The first-order valence-corrected chi connectivity index (χ1v) is 5.55. The molecule has 13 heavy (non-hydrogen) atoms. The fourth-order valence-corrected chi connectivity index (χ4v) is 2.37. The summed E-state index contributed by atoms with van der Waals surface area (Å²) in [6.07, 6.45) is 1.62. The van der Waals surface area contributed by atoms with E-state index in [0.717, 1.165) is 19.5 Å². The Morgan fingerprint density at radius 2 is 2.54 bits per heavy atom. The molecule has 2 heterocycles. The maximum atomic E-state index is 11.5. The second-order valence-electron chi connectivity index (χ2n) is 3.45. The number of carbonyl (C=O) groups excluding carboxylic acids is 1. The fourth-order valence-electron chi connectivity index (χ4n) is 1.69. The molecule has 0 amide bonds. The van der Waals surface area contributed by atoms with Crippen LogP contribution in [0.1, 0.15) is 12.0 Å². The minimum Gasteiger partial charge on any atom is -0.316 e. The van der Waals surface area contributed by atoms with E-state index in [4.69, 9.17) is 0 Å². The predicted octanol–water partition coefficient (Wildman–Crippen LogP) is 1.47. The summed E-state index contributed by atoms with van der Waals surface area (Å²) in [6, 6.07) is 2.10. The van der Waals surface area contributed by atoms with Crippen molar-refractivity contribution in [1.82, 2.24) is 5.32 Å². The van der Waals surface area contributed by atoms with Crippen molar-refractivity contribution in [3.05, 3.63) is 22.4 Å². The van der Waals surface area contributed by atoms with Crippen LogP contribution >= 0.6 is 11.3 Å². The molecule has 1 aromatic rings. The first-order chi connectivity index (χ1) is 6.36. The molecule has 2 nitrogen and oxygen atoms in total. The van der Waals surface area contributed by atoms with E-state index >= 15 is 0 Å². The fraction of sp³-hybridized carbons (Fsp3) is 0.500. The van der Waals surface area contributed by atoms with Crippen molar-refractivity contribution >= 4 is 17.1 Å². The smallest absolute Gasteiger partial charge is 0.138 e. The number of carbonyl (C=O) groups is 1. The van der Waals surface area contributed by atoms with Crippen LogP contribution in [0.2, 0.25) is 0 Å². The molecule has 0 aromatic carbocycles. The van der Waals surface area contributed by atoms with Crippen LogP contribution in [0, 0.1) is 5.92 Å². The Bertz CT molecular complexity index is 281. The van der Waals surface area contributed by atoms with Crippen LogP contribution in [0.5, 0.6) is 0 Å². The van der Waals surface area contributed by atoms with Gasteiger partial charge in [-0.25, -0.2) is 0 Å². The third-order valence-electron chi connectivity index (χ3n) is 2.46. The Balaban J connectivity index is 1.97. The van der Waals surface area contributed by atoms with E-state index < -0.39 is 0 Å². The van der Waals surface area contributed by atoms with Crippen LogP contribution in [0.3, 0.4) is 0 Å². The minimum atomic E-state index is 0.211. The Morgan fingerprint density at radius 3 is 3.23 bits per heavy atom. The van der Waals surface area contributed by atoms with Gasteiger partial charge in [-0.05, 0) is 28.8 Å². The molecule has 1 N–H and O–H groups in total. The highest BCUT2D eigenvalue weighted by Gasteiger charge is 2.21. The normalized spacial score (nSPS) is 23.4. The van der Waals surface area contributed by atoms with Gasteiger partial charge in [-0.2, -0.15) is 11.3 Å². The molecule has 0 bridgehead atoms. The molecule has 0 spiro atoms. The zero-order chi connectivity index (χ0) is 9.10. The van der Waals surface area contributed by atoms with Crippen LogP contribution < -0.4 is 5.32 Å². The lowest BCUT2D eigenvalue weighted by molar-refractivity contribution is -0.123. The van der Waals surface area contributed by atoms with Crippen molar-refractivity contribution in [2.75, 3.05) is 13.1 Å². The van der Waals surface area contributed by atoms with Crippen molar-refractivity contribution in [2.45, 2.75) is 12.8 Å². The third kappa shape index (κ3) is 2.17. The van der Waals surface area contributed by atoms with Crippen molar-refractivity contribution in [1.29, 1.82) is 0 Å². The summed E-state index contributed by atoms with van der Waals surface area (Å²) < 4.78 is 0. The number of hydrogen-bond donors (Lipinski definition) is 1. The average molecular weight is 195 g/mol. The number of piperidine rings is 1. The first-order valence-electron chi connectivity index (χ1n) is 4.61. The second-order valence-corrected chi connectivity index (χ2v) is 4.23. The molecule has 1 aliphatic rings. The largest absolute Gasteiger partial charge is 0.316 e. The number of hydrogen-bond acceptors (Lipinski definition) is 3. The number of rotatable bonds is 2. The van der Waals surface area contributed by atoms with Crippen molar-refractivity contribution in [2.24, 2.45) is 5.92 Å². The standard InChI is InChI=1S/C10H13NOS/c12-10-1-3-11-6-9(10)5-8-2-4-13-7-8/h2,4,7,9,11H,1,3,5-6H2. The predicted molar refractivity (Wildman–Crippen MR) is 54.0 cm³/mol. The lowest BCUT2D eigenvalue weighted by Crippen LogP contribution is -2.37. The minimum absolute atomic E-state index is 0.211. The van der Waals surface area contributed by atoms with Gasteiger partial charge < -0.3 is 5.32 Å². The lowest BCUT2D eigenvalue weighted by Gasteiger charge is -2.20. The van der Waals surface area contributed by atoms with E-state index in [2.05, 4.69) is 22.1 Å². The molecule has 1 saturated heterocycles. The molecule has 0 saturated carbocycles. The van der Waals surface area contributed by atoms with Gasteiger partial charge >= 0.3 is 0 Å². The van der Waals surface area contributed by atoms with E-state index in [-0.39, 0.29) is 5.92 Å². The van der Waals surface area contributed by atoms with E-state index in [0.29, 0.717) is 12.2 Å². The molecular weight excluding hydrogens is 182 g/mol. The van der Waals surface area contributed by atoms with Crippen LogP contribution in [0.25, 0.3) is 0 Å². The lowest BCUT2D eigenvalue weighted by atomic mass is 9.92.